The van der Waals surface area contributed by atoms with Crippen molar-refractivity contribution in [3.8, 4) is 0 Å². The Bertz CT molecular complexity index is 818. The number of urea groups is 1. The molecule has 0 heterocycles. The summed E-state index contributed by atoms with van der Waals surface area (Å²) in [7, 11) is 0. The number of hydrogen-bond donors (Lipinski definition) is 1. The fourth-order valence-corrected chi connectivity index (χ4v) is 2.32. The molecule has 0 atom stereocenters. The maximum Gasteiger partial charge on any atom is 0.330 e. The first-order chi connectivity index (χ1) is 11.8. The van der Waals surface area contributed by atoms with Gasteiger partial charge in [0.25, 0.3) is 0 Å². The van der Waals surface area contributed by atoms with Crippen molar-refractivity contribution in [2.75, 3.05) is 10.2 Å². The van der Waals surface area contributed by atoms with Crippen molar-refractivity contribution in [1.29, 1.82) is 0 Å². The van der Waals surface area contributed by atoms with Gasteiger partial charge in [0, 0.05) is 5.69 Å². The number of nitrogens with one attached hydrogen (secondary N) is 1. The number of amides is 2. The number of anilines is 3. The monoisotopic (exact) mass is 317 g/mol. The fraction of sp³-hybridized carbons (Fsp3) is 0. The molecule has 0 fully saturated rings. The first-order valence-electron chi connectivity index (χ1n) is 7.42. The van der Waals surface area contributed by atoms with Crippen molar-refractivity contribution in [2.24, 2.45) is 5.18 Å². The summed E-state index contributed by atoms with van der Waals surface area (Å²) >= 11 is 0. The molecule has 2 amide bonds. The lowest BCUT2D eigenvalue weighted by Crippen LogP contribution is -2.30. The number of nitroso groups, excluding NO2 is 1. The summed E-state index contributed by atoms with van der Waals surface area (Å²) in [5.74, 6) is 0. The molecule has 0 aliphatic rings. The molecule has 24 heavy (non-hydrogen) atoms. The predicted octanol–water partition coefficient (Wildman–Crippen LogP) is 5.45. The van der Waals surface area contributed by atoms with E-state index in [0.29, 0.717) is 17.1 Å². The van der Waals surface area contributed by atoms with Gasteiger partial charge >= 0.3 is 6.03 Å². The first kappa shape index (κ1) is 15.4. The number of carbonyl (C=O) groups excluding carboxylic acids is 1. The summed E-state index contributed by atoms with van der Waals surface area (Å²) in [6, 6.07) is 24.8. The summed E-state index contributed by atoms with van der Waals surface area (Å²) in [6.45, 7) is 0. The van der Waals surface area contributed by atoms with E-state index in [1.807, 2.05) is 60.7 Å². The molecule has 3 aromatic carbocycles. The van der Waals surface area contributed by atoms with Crippen molar-refractivity contribution in [3.63, 3.8) is 0 Å². The summed E-state index contributed by atoms with van der Waals surface area (Å²) < 4.78 is 0. The molecule has 118 valence electrons. The predicted molar refractivity (Wildman–Crippen MR) is 95.9 cm³/mol. The van der Waals surface area contributed by atoms with Crippen LogP contribution in [-0.4, -0.2) is 6.03 Å². The second-order valence-electron chi connectivity index (χ2n) is 5.07. The average Bonchev–Trinajstić information content (AvgIpc) is 2.64. The minimum atomic E-state index is -0.292. The number of nitrogens with zero attached hydrogens (tertiary/aromatic N) is 2. The topological polar surface area (TPSA) is 61.8 Å². The molecular formula is C19H15N3O2. The first-order valence-corrected chi connectivity index (χ1v) is 7.42. The fourth-order valence-electron chi connectivity index (χ4n) is 2.32. The molecular weight excluding hydrogens is 302 g/mol. The molecule has 0 aliphatic carbocycles. The Morgan fingerprint density at radius 2 is 1.29 bits per heavy atom. The van der Waals surface area contributed by atoms with Gasteiger partial charge in [-0.2, -0.15) is 0 Å². The SMILES string of the molecule is O=Nc1ccc(N(C(=O)Nc2ccccc2)c2ccccc2)cc1. The number of rotatable bonds is 4. The van der Waals surface area contributed by atoms with Gasteiger partial charge in [0.15, 0.2) is 0 Å². The summed E-state index contributed by atoms with van der Waals surface area (Å²) in [6.07, 6.45) is 0. The van der Waals surface area contributed by atoms with Crippen molar-refractivity contribution in [2.45, 2.75) is 0 Å². The molecule has 1 N–H and O–H groups in total. The van der Waals surface area contributed by atoms with Gasteiger partial charge in [-0.1, -0.05) is 36.4 Å². The Morgan fingerprint density at radius 3 is 1.88 bits per heavy atom. The van der Waals surface area contributed by atoms with Gasteiger partial charge in [-0.25, -0.2) is 4.79 Å². The molecule has 5 heteroatoms. The van der Waals surface area contributed by atoms with E-state index in [0.717, 1.165) is 5.69 Å². The Labute approximate surface area is 139 Å². The highest BCUT2D eigenvalue weighted by atomic mass is 16.3. The van der Waals surface area contributed by atoms with E-state index >= 15 is 0 Å². The normalized spacial score (nSPS) is 10.0. The minimum Gasteiger partial charge on any atom is -0.307 e. The van der Waals surface area contributed by atoms with Crippen LogP contribution in [-0.2, 0) is 0 Å². The van der Waals surface area contributed by atoms with Crippen LogP contribution in [0, 0.1) is 4.91 Å². The van der Waals surface area contributed by atoms with Gasteiger partial charge in [0.05, 0.1) is 11.4 Å². The quantitative estimate of drug-likeness (QED) is 0.650. The minimum absolute atomic E-state index is 0.292. The van der Waals surface area contributed by atoms with Gasteiger partial charge in [-0.3, -0.25) is 4.90 Å². The molecule has 0 aliphatic heterocycles. The van der Waals surface area contributed by atoms with Gasteiger partial charge in [0.1, 0.15) is 5.69 Å². The van der Waals surface area contributed by atoms with E-state index in [-0.39, 0.29) is 6.03 Å². The lowest BCUT2D eigenvalue weighted by atomic mass is 10.2. The maximum absolute atomic E-state index is 12.8. The molecule has 0 aromatic heterocycles. The zero-order valence-electron chi connectivity index (χ0n) is 12.8. The van der Waals surface area contributed by atoms with Crippen LogP contribution in [0.4, 0.5) is 27.5 Å². The maximum atomic E-state index is 12.8. The third kappa shape index (κ3) is 3.47. The second kappa shape index (κ2) is 7.19. The summed E-state index contributed by atoms with van der Waals surface area (Å²) in [4.78, 5) is 24.9. The van der Waals surface area contributed by atoms with Crippen LogP contribution in [0.5, 0.6) is 0 Å². The van der Waals surface area contributed by atoms with Crippen LogP contribution >= 0.6 is 0 Å². The lowest BCUT2D eigenvalue weighted by Gasteiger charge is -2.23. The number of hydrogen-bond acceptors (Lipinski definition) is 3. The Balaban J connectivity index is 1.95. The summed E-state index contributed by atoms with van der Waals surface area (Å²) in [5.41, 5.74) is 2.38. The molecule has 0 radical (unpaired) electrons. The highest BCUT2D eigenvalue weighted by Gasteiger charge is 2.18. The van der Waals surface area contributed by atoms with Gasteiger partial charge in [-0.15, -0.1) is 4.91 Å². The molecule has 0 saturated carbocycles. The number of para-hydroxylation sites is 2. The molecule has 5 nitrogen and oxygen atoms in total. The van der Waals surface area contributed by atoms with Crippen molar-refractivity contribution in [3.05, 3.63) is 89.8 Å². The van der Waals surface area contributed by atoms with Crippen molar-refractivity contribution >= 4 is 28.8 Å². The van der Waals surface area contributed by atoms with Crippen LogP contribution in [0.2, 0.25) is 0 Å². The Morgan fingerprint density at radius 1 is 0.750 bits per heavy atom. The van der Waals surface area contributed by atoms with Gasteiger partial charge < -0.3 is 5.32 Å². The van der Waals surface area contributed by atoms with E-state index in [1.54, 1.807) is 29.2 Å². The number of benzene rings is 3. The van der Waals surface area contributed by atoms with Crippen LogP contribution in [0.1, 0.15) is 0 Å². The van der Waals surface area contributed by atoms with E-state index in [2.05, 4.69) is 10.5 Å². The van der Waals surface area contributed by atoms with Crippen molar-refractivity contribution < 1.29 is 4.79 Å². The van der Waals surface area contributed by atoms with Gasteiger partial charge in [-0.05, 0) is 53.7 Å². The Kier molecular flexibility index (Phi) is 4.62. The standard InChI is InChI=1S/C19H15N3O2/c23-19(20-15-7-3-1-4-8-15)22(17-9-5-2-6-10-17)18-13-11-16(21-24)12-14-18/h1-14H,(H,20,23). The zero-order valence-corrected chi connectivity index (χ0v) is 12.8. The van der Waals surface area contributed by atoms with Crippen LogP contribution < -0.4 is 10.2 Å². The molecule has 3 aromatic rings. The number of carbonyl (C=O) groups is 1. The molecule has 0 bridgehead atoms. The van der Waals surface area contributed by atoms with Crippen LogP contribution in [0.3, 0.4) is 0 Å². The smallest absolute Gasteiger partial charge is 0.307 e. The van der Waals surface area contributed by atoms with E-state index in [4.69, 9.17) is 0 Å². The lowest BCUT2D eigenvalue weighted by molar-refractivity contribution is 0.259. The van der Waals surface area contributed by atoms with Crippen molar-refractivity contribution in [1.82, 2.24) is 0 Å². The largest absolute Gasteiger partial charge is 0.330 e. The third-order valence-corrected chi connectivity index (χ3v) is 3.46. The molecule has 0 saturated heterocycles. The van der Waals surface area contributed by atoms with E-state index in [1.165, 1.54) is 0 Å². The average molecular weight is 317 g/mol. The van der Waals surface area contributed by atoms with E-state index < -0.39 is 0 Å². The van der Waals surface area contributed by atoms with Gasteiger partial charge in [0.2, 0.25) is 0 Å². The highest BCUT2D eigenvalue weighted by Crippen LogP contribution is 2.28. The molecule has 3 rings (SSSR count). The summed E-state index contributed by atoms with van der Waals surface area (Å²) in [5, 5.41) is 5.76. The zero-order chi connectivity index (χ0) is 16.8. The van der Waals surface area contributed by atoms with Crippen LogP contribution in [0.15, 0.2) is 90.1 Å². The molecule has 0 unspecified atom stereocenters. The second-order valence-corrected chi connectivity index (χ2v) is 5.07. The van der Waals surface area contributed by atoms with Crippen LogP contribution in [0.25, 0.3) is 0 Å². The Hall–Kier alpha value is -3.47. The highest BCUT2D eigenvalue weighted by molar-refractivity contribution is 6.07. The van der Waals surface area contributed by atoms with E-state index in [9.17, 15) is 9.70 Å². The molecule has 0 spiro atoms. The third-order valence-electron chi connectivity index (χ3n) is 3.46.